The highest BCUT2D eigenvalue weighted by molar-refractivity contribution is 4.91. The fourth-order valence-corrected chi connectivity index (χ4v) is 1.57. The number of hydrogen-bond acceptors (Lipinski definition) is 2. The van der Waals surface area contributed by atoms with Crippen LogP contribution in [0.2, 0.25) is 0 Å². The minimum atomic E-state index is 0.982. The summed E-state index contributed by atoms with van der Waals surface area (Å²) in [6.45, 7) is 7.03. The Bertz CT molecular complexity index is 231. The van der Waals surface area contributed by atoms with Gasteiger partial charge in [-0.2, -0.15) is 0 Å². The zero-order chi connectivity index (χ0) is 10.9. The summed E-state index contributed by atoms with van der Waals surface area (Å²) in [6, 6.07) is 0. The summed E-state index contributed by atoms with van der Waals surface area (Å²) < 4.78 is 1.96. The zero-order valence-corrected chi connectivity index (χ0v) is 9.78. The maximum atomic E-state index is 4.16. The van der Waals surface area contributed by atoms with Gasteiger partial charge >= 0.3 is 0 Å². The Balaban J connectivity index is 2.23. The van der Waals surface area contributed by atoms with E-state index in [9.17, 15) is 0 Å². The van der Waals surface area contributed by atoms with Gasteiger partial charge in [-0.3, -0.25) is 4.68 Å². The van der Waals surface area contributed by atoms with Crippen LogP contribution < -0.4 is 0 Å². The normalized spacial score (nSPS) is 10.8. The Hall–Kier alpha value is -0.860. The smallest absolute Gasteiger partial charge is 0.0827 e. The molecule has 0 N–H and O–H groups in total. The molecule has 0 fully saturated rings. The lowest BCUT2D eigenvalue weighted by atomic mass is 10.2. The fourth-order valence-electron chi connectivity index (χ4n) is 1.57. The summed E-state index contributed by atoms with van der Waals surface area (Å²) in [5.41, 5.74) is 1.14. The van der Waals surface area contributed by atoms with Crippen LogP contribution >= 0.6 is 0 Å². The molecule has 0 spiro atoms. The molecule has 15 heavy (non-hydrogen) atoms. The average molecular weight is 208 g/mol. The minimum Gasteiger partial charge on any atom is -0.252 e. The van der Waals surface area contributed by atoms with E-state index >= 15 is 0 Å². The highest BCUT2D eigenvalue weighted by atomic mass is 15.4. The maximum absolute atomic E-state index is 4.16. The first-order chi connectivity index (χ1) is 7.36. The van der Waals surface area contributed by atoms with Crippen LogP contribution in [0.4, 0.5) is 0 Å². The van der Waals surface area contributed by atoms with Crippen molar-refractivity contribution in [3.63, 3.8) is 0 Å². The first-order valence-electron chi connectivity index (χ1n) is 6.05. The van der Waals surface area contributed by atoms with E-state index in [-0.39, 0.29) is 0 Å². The predicted octanol–water partition coefficient (Wildman–Crippen LogP) is 3.02. The van der Waals surface area contributed by atoms with Crippen molar-refractivity contribution in [3.05, 3.63) is 18.8 Å². The minimum absolute atomic E-state index is 0.982. The Morgan fingerprint density at radius 2 is 2.13 bits per heavy atom. The van der Waals surface area contributed by atoms with Gasteiger partial charge in [0.2, 0.25) is 0 Å². The summed E-state index contributed by atoms with van der Waals surface area (Å²) in [5, 5.41) is 8.28. The van der Waals surface area contributed by atoms with Crippen molar-refractivity contribution in [2.45, 2.75) is 58.4 Å². The Labute approximate surface area is 92.9 Å². The van der Waals surface area contributed by atoms with Gasteiger partial charge in [-0.25, -0.2) is 0 Å². The fraction of sp³-hybridized carbons (Fsp3) is 0.750. The van der Waals surface area contributed by atoms with E-state index in [1.165, 1.54) is 25.7 Å². The molecule has 85 valence electrons. The number of nitrogens with zero attached hydrogens (tertiary/aromatic N) is 3. The molecule has 1 heterocycles. The summed E-state index contributed by atoms with van der Waals surface area (Å²) in [6.07, 6.45) is 10.3. The van der Waals surface area contributed by atoms with Crippen LogP contribution in [0, 0.1) is 6.92 Å². The zero-order valence-electron chi connectivity index (χ0n) is 9.78. The van der Waals surface area contributed by atoms with Gasteiger partial charge in [-0.1, -0.05) is 44.7 Å². The van der Waals surface area contributed by atoms with Crippen LogP contribution in [-0.4, -0.2) is 15.0 Å². The third-order valence-corrected chi connectivity index (χ3v) is 2.51. The molecule has 0 bridgehead atoms. The number of hydrogen-bond donors (Lipinski definition) is 0. The standard InChI is InChI=1S/C12H22N3/c1-3-5-7-9-12-11-15(14-13-12)10-8-6-4-2/h11H,2-10H2,1H3. The largest absolute Gasteiger partial charge is 0.252 e. The SMILES string of the molecule is [CH2]CCCCn1cc(CCCCC)nn1. The molecule has 1 radical (unpaired) electrons. The topological polar surface area (TPSA) is 30.7 Å². The van der Waals surface area contributed by atoms with E-state index < -0.39 is 0 Å². The summed E-state index contributed by atoms with van der Waals surface area (Å²) in [4.78, 5) is 0. The molecule has 0 atom stereocenters. The van der Waals surface area contributed by atoms with Crippen LogP contribution in [0.3, 0.4) is 0 Å². The number of unbranched alkanes of at least 4 members (excludes halogenated alkanes) is 4. The second-order valence-corrected chi connectivity index (χ2v) is 3.99. The molecule has 0 saturated heterocycles. The number of rotatable bonds is 8. The molecule has 0 unspecified atom stereocenters. The third-order valence-electron chi connectivity index (χ3n) is 2.51. The molecule has 1 aromatic rings. The second kappa shape index (κ2) is 7.43. The van der Waals surface area contributed by atoms with Crippen LogP contribution in [-0.2, 0) is 13.0 Å². The molecule has 1 aromatic heterocycles. The molecule has 3 heteroatoms. The van der Waals surface area contributed by atoms with Crippen molar-refractivity contribution < 1.29 is 0 Å². The van der Waals surface area contributed by atoms with Crippen LogP contribution in [0.25, 0.3) is 0 Å². The predicted molar refractivity (Wildman–Crippen MR) is 62.5 cm³/mol. The third kappa shape index (κ3) is 4.96. The van der Waals surface area contributed by atoms with Crippen molar-refractivity contribution in [2.24, 2.45) is 0 Å². The van der Waals surface area contributed by atoms with Gasteiger partial charge < -0.3 is 0 Å². The first kappa shape index (κ1) is 12.2. The van der Waals surface area contributed by atoms with Gasteiger partial charge in [0.05, 0.1) is 5.69 Å². The molecule has 0 saturated carbocycles. The molecule has 0 aliphatic heterocycles. The Morgan fingerprint density at radius 1 is 1.27 bits per heavy atom. The van der Waals surface area contributed by atoms with Crippen LogP contribution in [0.5, 0.6) is 0 Å². The van der Waals surface area contributed by atoms with Gasteiger partial charge in [-0.15, -0.1) is 5.10 Å². The Kier molecular flexibility index (Phi) is 6.05. The van der Waals surface area contributed by atoms with Gasteiger partial charge in [0, 0.05) is 12.7 Å². The molecule has 0 aliphatic carbocycles. The van der Waals surface area contributed by atoms with Crippen molar-refractivity contribution in [3.8, 4) is 0 Å². The molecular formula is C12H22N3. The summed E-state index contributed by atoms with van der Waals surface area (Å²) >= 11 is 0. The molecule has 0 aromatic carbocycles. The Morgan fingerprint density at radius 3 is 2.87 bits per heavy atom. The summed E-state index contributed by atoms with van der Waals surface area (Å²) in [7, 11) is 0. The van der Waals surface area contributed by atoms with E-state index in [1.807, 2.05) is 4.68 Å². The van der Waals surface area contributed by atoms with E-state index in [0.29, 0.717) is 0 Å². The highest BCUT2D eigenvalue weighted by Crippen LogP contribution is 2.04. The van der Waals surface area contributed by atoms with Crippen molar-refractivity contribution in [1.82, 2.24) is 15.0 Å². The molecule has 0 aliphatic rings. The van der Waals surface area contributed by atoms with Crippen LogP contribution in [0.1, 0.15) is 51.1 Å². The molecule has 0 amide bonds. The lowest BCUT2D eigenvalue weighted by Crippen LogP contribution is -1.98. The summed E-state index contributed by atoms with van der Waals surface area (Å²) in [5.74, 6) is 0. The van der Waals surface area contributed by atoms with E-state index in [1.54, 1.807) is 0 Å². The van der Waals surface area contributed by atoms with Gasteiger partial charge in [0.1, 0.15) is 0 Å². The van der Waals surface area contributed by atoms with Crippen LogP contribution in [0.15, 0.2) is 6.20 Å². The lowest BCUT2D eigenvalue weighted by molar-refractivity contribution is 0.543. The average Bonchev–Trinajstić information content (AvgIpc) is 2.67. The van der Waals surface area contributed by atoms with Gasteiger partial charge in [0.15, 0.2) is 0 Å². The maximum Gasteiger partial charge on any atom is 0.0827 e. The van der Waals surface area contributed by atoms with Gasteiger partial charge in [0.25, 0.3) is 0 Å². The number of aromatic nitrogens is 3. The lowest BCUT2D eigenvalue weighted by Gasteiger charge is -1.97. The van der Waals surface area contributed by atoms with E-state index in [2.05, 4.69) is 30.4 Å². The number of aryl methyl sites for hydroxylation is 2. The molecular weight excluding hydrogens is 186 g/mol. The van der Waals surface area contributed by atoms with Crippen molar-refractivity contribution in [1.29, 1.82) is 0 Å². The highest BCUT2D eigenvalue weighted by Gasteiger charge is 1.99. The van der Waals surface area contributed by atoms with Crippen molar-refractivity contribution in [2.75, 3.05) is 0 Å². The van der Waals surface area contributed by atoms with E-state index in [4.69, 9.17) is 0 Å². The molecule has 1 rings (SSSR count). The molecule has 3 nitrogen and oxygen atoms in total. The monoisotopic (exact) mass is 208 g/mol. The van der Waals surface area contributed by atoms with Crippen molar-refractivity contribution >= 4 is 0 Å². The second-order valence-electron chi connectivity index (χ2n) is 3.99. The van der Waals surface area contributed by atoms with Gasteiger partial charge in [-0.05, 0) is 19.3 Å². The first-order valence-corrected chi connectivity index (χ1v) is 6.05. The quantitative estimate of drug-likeness (QED) is 0.615. The van der Waals surface area contributed by atoms with E-state index in [0.717, 1.165) is 31.5 Å².